The van der Waals surface area contributed by atoms with E-state index in [0.717, 1.165) is 51.9 Å². The molecule has 3 aromatic carbocycles. The summed E-state index contributed by atoms with van der Waals surface area (Å²) in [4.78, 5) is 19.3. The van der Waals surface area contributed by atoms with Crippen molar-refractivity contribution in [3.05, 3.63) is 107 Å². The first-order valence-corrected chi connectivity index (χ1v) is 17.4. The number of nitrogens with zero attached hydrogens (tertiary/aromatic N) is 4. The van der Waals surface area contributed by atoms with E-state index in [4.69, 9.17) is 9.84 Å². The highest BCUT2D eigenvalue weighted by Crippen LogP contribution is 2.51. The molecule has 3 heterocycles. The summed E-state index contributed by atoms with van der Waals surface area (Å²) in [7, 11) is -1.65. The van der Waals surface area contributed by atoms with Crippen LogP contribution in [0, 0.1) is 12.8 Å². The van der Waals surface area contributed by atoms with Gasteiger partial charge >= 0.3 is 0 Å². The van der Waals surface area contributed by atoms with Crippen molar-refractivity contribution in [2.75, 3.05) is 44.4 Å². The molecule has 0 saturated carbocycles. The van der Waals surface area contributed by atoms with Crippen LogP contribution in [0.3, 0.4) is 0 Å². The molecule has 6 rings (SSSR count). The zero-order valence-electron chi connectivity index (χ0n) is 25.3. The number of allylic oxidation sites excluding steroid dienone is 1. The second kappa shape index (κ2) is 12.2. The van der Waals surface area contributed by atoms with Crippen molar-refractivity contribution in [2.24, 2.45) is 5.92 Å². The number of carbonyl (C=O) groups excluding carboxylic acids is 1. The lowest BCUT2D eigenvalue weighted by Gasteiger charge is -2.35. The Kier molecular flexibility index (Phi) is 8.30. The van der Waals surface area contributed by atoms with Gasteiger partial charge in [-0.2, -0.15) is 5.10 Å². The van der Waals surface area contributed by atoms with Gasteiger partial charge in [-0.1, -0.05) is 49.4 Å². The maximum atomic E-state index is 13.9. The third kappa shape index (κ3) is 6.01. The lowest BCUT2D eigenvalue weighted by Crippen LogP contribution is -2.48. The quantitative estimate of drug-likeness (QED) is 0.248. The van der Waals surface area contributed by atoms with Crippen molar-refractivity contribution in [2.45, 2.75) is 24.0 Å². The molecule has 1 fully saturated rings. The Hall–Kier alpha value is -4.02. The SMILES string of the molecule is COc1cccc(N2CCN(C(=O)c3cc(C4=CC(C)C(c5cccc(S(C)(=O)=O)c5)S4)n(-c4ccccc4C)n3)CC2)c1. The van der Waals surface area contributed by atoms with Crippen LogP contribution < -0.4 is 9.64 Å². The van der Waals surface area contributed by atoms with Crippen LogP contribution in [0.25, 0.3) is 10.6 Å². The summed E-state index contributed by atoms with van der Waals surface area (Å²) in [5, 5.41) is 4.93. The summed E-state index contributed by atoms with van der Waals surface area (Å²) in [5.74, 6) is 0.876. The summed E-state index contributed by atoms with van der Waals surface area (Å²) >= 11 is 1.68. The van der Waals surface area contributed by atoms with Crippen LogP contribution in [0.4, 0.5) is 5.69 Å². The highest BCUT2D eigenvalue weighted by atomic mass is 32.2. The van der Waals surface area contributed by atoms with Crippen molar-refractivity contribution in [1.82, 2.24) is 14.7 Å². The van der Waals surface area contributed by atoms with Crippen LogP contribution in [0.15, 0.2) is 89.8 Å². The van der Waals surface area contributed by atoms with Gasteiger partial charge in [0.15, 0.2) is 15.5 Å². The van der Waals surface area contributed by atoms with Crippen LogP contribution in [-0.2, 0) is 9.84 Å². The molecule has 228 valence electrons. The first-order valence-electron chi connectivity index (χ1n) is 14.7. The van der Waals surface area contributed by atoms with E-state index in [9.17, 15) is 13.2 Å². The van der Waals surface area contributed by atoms with Crippen molar-refractivity contribution in [1.29, 1.82) is 0 Å². The molecule has 1 aromatic heterocycles. The molecule has 1 amide bonds. The minimum atomic E-state index is -3.32. The zero-order valence-corrected chi connectivity index (χ0v) is 26.9. The van der Waals surface area contributed by atoms with Crippen molar-refractivity contribution in [3.8, 4) is 11.4 Å². The molecule has 2 aliphatic rings. The molecular formula is C34H36N4O4S2. The Morgan fingerprint density at radius 2 is 1.70 bits per heavy atom. The number of aryl methyl sites for hydroxylation is 1. The fourth-order valence-electron chi connectivity index (χ4n) is 5.83. The van der Waals surface area contributed by atoms with Gasteiger partial charge < -0.3 is 14.5 Å². The van der Waals surface area contributed by atoms with Gasteiger partial charge in [0.2, 0.25) is 0 Å². The minimum absolute atomic E-state index is 0.0377. The smallest absolute Gasteiger partial charge is 0.274 e. The molecular weight excluding hydrogens is 593 g/mol. The molecule has 8 nitrogen and oxygen atoms in total. The number of thioether (sulfide) groups is 1. The van der Waals surface area contributed by atoms with E-state index in [1.54, 1.807) is 37.1 Å². The molecule has 44 heavy (non-hydrogen) atoms. The van der Waals surface area contributed by atoms with E-state index in [1.165, 1.54) is 6.26 Å². The molecule has 2 atom stereocenters. The average Bonchev–Trinajstić information content (AvgIpc) is 3.65. The summed E-state index contributed by atoms with van der Waals surface area (Å²) in [5.41, 5.74) is 5.28. The van der Waals surface area contributed by atoms with Crippen molar-refractivity contribution < 1.29 is 17.9 Å². The predicted molar refractivity (Wildman–Crippen MR) is 176 cm³/mol. The van der Waals surface area contributed by atoms with E-state index in [0.29, 0.717) is 23.7 Å². The first-order chi connectivity index (χ1) is 21.1. The molecule has 0 aliphatic carbocycles. The molecule has 0 spiro atoms. The van der Waals surface area contributed by atoms with E-state index in [-0.39, 0.29) is 17.1 Å². The Bertz CT molecular complexity index is 1840. The van der Waals surface area contributed by atoms with Gasteiger partial charge in [0.05, 0.1) is 23.4 Å². The molecule has 0 N–H and O–H groups in total. The highest BCUT2D eigenvalue weighted by Gasteiger charge is 2.32. The van der Waals surface area contributed by atoms with Gasteiger partial charge in [0.25, 0.3) is 5.91 Å². The van der Waals surface area contributed by atoms with Crippen LogP contribution in [0.2, 0.25) is 0 Å². The zero-order chi connectivity index (χ0) is 31.0. The second-order valence-electron chi connectivity index (χ2n) is 11.4. The van der Waals surface area contributed by atoms with Crippen molar-refractivity contribution in [3.63, 3.8) is 0 Å². The fourth-order valence-corrected chi connectivity index (χ4v) is 7.92. The topological polar surface area (TPSA) is 84.7 Å². The Labute approximate surface area is 263 Å². The Morgan fingerprint density at radius 1 is 0.955 bits per heavy atom. The lowest BCUT2D eigenvalue weighted by atomic mass is 10.00. The maximum absolute atomic E-state index is 13.9. The van der Waals surface area contributed by atoms with Crippen LogP contribution in [0.5, 0.6) is 5.75 Å². The minimum Gasteiger partial charge on any atom is -0.497 e. The molecule has 1 saturated heterocycles. The first kappa shape index (κ1) is 30.0. The summed E-state index contributed by atoms with van der Waals surface area (Å²) in [6.45, 7) is 6.80. The number of para-hydroxylation sites is 1. The summed E-state index contributed by atoms with van der Waals surface area (Å²) in [6, 6.07) is 25.1. The Morgan fingerprint density at radius 3 is 2.43 bits per heavy atom. The van der Waals surface area contributed by atoms with Gasteiger partial charge in [-0.15, -0.1) is 11.8 Å². The van der Waals surface area contributed by atoms with E-state index >= 15 is 0 Å². The lowest BCUT2D eigenvalue weighted by molar-refractivity contribution is 0.0740. The molecule has 2 unspecified atom stereocenters. The van der Waals surface area contributed by atoms with Crippen LogP contribution >= 0.6 is 11.8 Å². The number of rotatable bonds is 7. The molecule has 0 radical (unpaired) electrons. The van der Waals surface area contributed by atoms with Crippen LogP contribution in [0.1, 0.15) is 39.5 Å². The number of ether oxygens (including phenoxy) is 1. The van der Waals surface area contributed by atoms with Gasteiger partial charge in [-0.05, 0) is 60.4 Å². The standard InChI is InChI=1S/C34H36N4O4S2/c1-23-9-5-6-14-30(23)38-31(32-19-24(2)33(43-32)25-10-7-13-28(20-25)44(4,40)41)22-29(35-38)34(39)37-17-15-36(16-18-37)26-11-8-12-27(21-26)42-3/h5-14,19-22,24,33H,15-18H2,1-4H3. The summed E-state index contributed by atoms with van der Waals surface area (Å²) in [6.07, 6.45) is 3.44. The number of hydrogen-bond donors (Lipinski definition) is 0. The number of hydrogen-bond acceptors (Lipinski definition) is 7. The predicted octanol–water partition coefficient (Wildman–Crippen LogP) is 6.02. The van der Waals surface area contributed by atoms with E-state index in [1.807, 2.05) is 71.1 Å². The second-order valence-corrected chi connectivity index (χ2v) is 14.6. The highest BCUT2D eigenvalue weighted by molar-refractivity contribution is 8.08. The summed E-state index contributed by atoms with van der Waals surface area (Å²) < 4.78 is 31.8. The molecule has 2 aliphatic heterocycles. The number of aromatic nitrogens is 2. The Balaban J connectivity index is 1.27. The maximum Gasteiger partial charge on any atom is 0.274 e. The van der Waals surface area contributed by atoms with Gasteiger partial charge in [0, 0.05) is 54.3 Å². The number of carbonyl (C=O) groups is 1. The fraction of sp³-hybridized carbons (Fsp3) is 0.294. The number of sulfone groups is 1. The number of methoxy groups -OCH3 is 1. The molecule has 4 aromatic rings. The monoisotopic (exact) mass is 628 g/mol. The number of amides is 1. The normalized spacial score (nSPS) is 18.8. The third-order valence-corrected chi connectivity index (χ3v) is 10.9. The van der Waals surface area contributed by atoms with E-state index in [2.05, 4.69) is 24.0 Å². The number of piperazine rings is 1. The van der Waals surface area contributed by atoms with Gasteiger partial charge in [-0.3, -0.25) is 4.79 Å². The number of anilines is 1. The average molecular weight is 629 g/mol. The number of benzene rings is 3. The van der Waals surface area contributed by atoms with Crippen LogP contribution in [-0.4, -0.2) is 68.5 Å². The van der Waals surface area contributed by atoms with Crippen molar-refractivity contribution >= 4 is 38.1 Å². The van der Waals surface area contributed by atoms with Gasteiger partial charge in [-0.25, -0.2) is 13.1 Å². The van der Waals surface area contributed by atoms with E-state index < -0.39 is 9.84 Å². The largest absolute Gasteiger partial charge is 0.497 e. The molecule has 10 heteroatoms. The third-order valence-electron chi connectivity index (χ3n) is 8.27. The van der Waals surface area contributed by atoms with Gasteiger partial charge in [0.1, 0.15) is 5.75 Å². The molecule has 0 bridgehead atoms.